The lowest BCUT2D eigenvalue weighted by Crippen LogP contribution is -2.61. The van der Waals surface area contributed by atoms with Crippen LogP contribution in [0.5, 0.6) is 0 Å². The molecule has 2 aromatic heterocycles. The number of H-pyrrole nitrogens is 1. The zero-order chi connectivity index (χ0) is 70.7. The summed E-state index contributed by atoms with van der Waals surface area (Å²) in [5.74, 6) is -11.2. The summed E-state index contributed by atoms with van der Waals surface area (Å²) in [5, 5.41) is 62.2. The Kier molecular flexibility index (Phi) is 24.2. The number of guanidine groups is 1. The number of carbonyl (C=O) groups is 11. The van der Waals surface area contributed by atoms with Crippen LogP contribution >= 0.6 is 21.6 Å². The van der Waals surface area contributed by atoms with Crippen LogP contribution in [0.3, 0.4) is 0 Å². The van der Waals surface area contributed by atoms with Gasteiger partial charge in [-0.2, -0.15) is 4.98 Å². The summed E-state index contributed by atoms with van der Waals surface area (Å²) in [7, 11) is 3.70. The van der Waals surface area contributed by atoms with Crippen LogP contribution in [0, 0.1) is 11.3 Å². The van der Waals surface area contributed by atoms with Gasteiger partial charge in [-0.1, -0.05) is 21.6 Å². The lowest BCUT2D eigenvalue weighted by atomic mass is 9.82. The van der Waals surface area contributed by atoms with Gasteiger partial charge in [-0.25, -0.2) is 19.6 Å². The van der Waals surface area contributed by atoms with Gasteiger partial charge in [-0.05, 0) is 91.5 Å². The Bertz CT molecular complexity index is 3700. The number of aromatic amines is 1. The molecule has 1 aromatic carbocycles. The first-order valence-corrected chi connectivity index (χ1v) is 32.9. The van der Waals surface area contributed by atoms with Gasteiger partial charge in [0.25, 0.3) is 11.5 Å². The highest BCUT2D eigenvalue weighted by Gasteiger charge is 2.73. The number of methoxy groups -OCH3 is 1. The molecule has 5 heterocycles. The molecule has 0 saturated carbocycles. The van der Waals surface area contributed by atoms with Crippen LogP contribution in [0.25, 0.3) is 11.2 Å². The van der Waals surface area contributed by atoms with Crippen LogP contribution in [0.15, 0.2) is 57.8 Å². The Morgan fingerprint density at radius 1 is 0.865 bits per heavy atom. The van der Waals surface area contributed by atoms with Gasteiger partial charge in [-0.15, -0.1) is 0 Å². The number of anilines is 2. The van der Waals surface area contributed by atoms with Crippen molar-refractivity contribution in [3.05, 3.63) is 74.6 Å². The Morgan fingerprint density at radius 3 is 2.16 bits per heavy atom. The van der Waals surface area contributed by atoms with Crippen LogP contribution in [0.4, 0.5) is 16.4 Å². The number of ether oxygens (including phenoxy) is 2. The average Bonchev–Trinajstić information content (AvgIpc) is 1.50. The predicted octanol–water partition coefficient (Wildman–Crippen LogP) is -1.59. The zero-order valence-corrected chi connectivity index (χ0v) is 55.2. The molecule has 35 nitrogen and oxygen atoms in total. The van der Waals surface area contributed by atoms with E-state index in [4.69, 9.17) is 32.1 Å². The van der Waals surface area contributed by atoms with Crippen molar-refractivity contribution < 1.29 is 77.5 Å². The van der Waals surface area contributed by atoms with Gasteiger partial charge in [0.15, 0.2) is 28.6 Å². The fraction of sp³-hybridized carbons (Fsp3) is 0.525. The average molecular weight is 1380 g/mol. The number of hydrogen-bond acceptors (Lipinski definition) is 26. The Morgan fingerprint density at radius 2 is 1.51 bits per heavy atom. The minimum atomic E-state index is -1.93. The van der Waals surface area contributed by atoms with E-state index in [1.165, 1.54) is 44.9 Å². The first-order chi connectivity index (χ1) is 45.2. The molecular formula is C59H80N18O17S2. The van der Waals surface area contributed by atoms with E-state index in [1.54, 1.807) is 49.9 Å². The van der Waals surface area contributed by atoms with Crippen LogP contribution < -0.4 is 70.6 Å². The number of carboxylic acid groups (broad SMARTS) is 3. The van der Waals surface area contributed by atoms with Gasteiger partial charge in [0.05, 0.1) is 66.2 Å². The van der Waals surface area contributed by atoms with Crippen molar-refractivity contribution in [2.45, 2.75) is 152 Å². The number of fused-ring (bicyclic) bond motifs is 5. The molecule has 96 heavy (non-hydrogen) atoms. The summed E-state index contributed by atoms with van der Waals surface area (Å²) in [6.07, 6.45) is -1.57. The van der Waals surface area contributed by atoms with Crippen LogP contribution in [0.2, 0.25) is 0 Å². The normalized spacial score (nSPS) is 19.5. The molecule has 0 unspecified atom stereocenters. The van der Waals surface area contributed by atoms with E-state index in [9.17, 15) is 72.9 Å². The van der Waals surface area contributed by atoms with Gasteiger partial charge < -0.3 is 89.4 Å². The number of Topliss-reactive ketones (excluding diaryl/α,β-unsaturated/α-hetero) is 3. The van der Waals surface area contributed by atoms with Crippen LogP contribution in [0.1, 0.15) is 103 Å². The molecule has 1 aliphatic carbocycles. The van der Waals surface area contributed by atoms with E-state index in [1.807, 2.05) is 0 Å². The van der Waals surface area contributed by atoms with Crippen molar-refractivity contribution in [2.24, 2.45) is 17.4 Å². The number of ketones is 3. The molecule has 0 bridgehead atoms. The summed E-state index contributed by atoms with van der Waals surface area (Å²) in [4.78, 5) is 175. The second kappa shape index (κ2) is 31.4. The highest BCUT2D eigenvalue weighted by atomic mass is 33.1. The molecule has 520 valence electrons. The topological polar surface area (TPSA) is 562 Å². The van der Waals surface area contributed by atoms with E-state index in [-0.39, 0.29) is 103 Å². The number of nitrogens with zero attached hydrogens (tertiary/aromatic N) is 4. The Hall–Kier alpha value is -9.46. The van der Waals surface area contributed by atoms with Gasteiger partial charge in [0.1, 0.15) is 24.7 Å². The molecule has 3 aliphatic heterocycles. The molecule has 4 aliphatic rings. The molecule has 0 radical (unpaired) electrons. The smallest absolute Gasteiger partial charge is 0.404 e. The first-order valence-electron chi connectivity index (χ1n) is 30.4. The zero-order valence-electron chi connectivity index (χ0n) is 53.6. The third kappa shape index (κ3) is 18.3. The molecule has 5 amide bonds. The number of allylic oxidation sites excluding steroid dienone is 2. The lowest BCUT2D eigenvalue weighted by molar-refractivity contribution is -0.143. The maximum atomic E-state index is 14.4. The molecule has 0 spiro atoms. The third-order valence-corrected chi connectivity index (χ3v) is 18.9. The molecule has 9 atom stereocenters. The number of benzene rings is 1. The number of nitrogen functional groups attached to an aromatic ring is 1. The highest BCUT2D eigenvalue weighted by molar-refractivity contribution is 8.76. The van der Waals surface area contributed by atoms with Crippen molar-refractivity contribution in [3.8, 4) is 0 Å². The molecule has 37 heteroatoms. The number of aromatic nitrogens is 4. The molecule has 7 rings (SSSR count). The Labute approximate surface area is 556 Å². The van der Waals surface area contributed by atoms with Gasteiger partial charge in [0.2, 0.25) is 35.2 Å². The number of amides is 5. The number of nitrogens with one attached hydrogen (secondary N) is 11. The van der Waals surface area contributed by atoms with E-state index in [0.29, 0.717) is 35.7 Å². The first kappa shape index (κ1) is 73.9. The van der Waals surface area contributed by atoms with Gasteiger partial charge in [-0.3, -0.25) is 63.7 Å². The number of aliphatic carboxylic acids is 3. The number of hydrogen-bond donors (Lipinski definition) is 17. The van der Waals surface area contributed by atoms with Crippen molar-refractivity contribution in [1.82, 2.24) is 67.4 Å². The monoisotopic (exact) mass is 1380 g/mol. The molecule has 3 aromatic rings. The van der Waals surface area contributed by atoms with Crippen molar-refractivity contribution >= 4 is 115 Å². The second-order valence-corrected chi connectivity index (χ2v) is 27.2. The minimum Gasteiger partial charge on any atom is -0.481 e. The van der Waals surface area contributed by atoms with Crippen molar-refractivity contribution in [2.75, 3.05) is 49.4 Å². The number of primary amides is 1. The minimum absolute atomic E-state index is 0.00502. The number of nitrogens with two attached hydrogens (primary N) is 3. The largest absolute Gasteiger partial charge is 0.481 e. The predicted molar refractivity (Wildman–Crippen MR) is 348 cm³/mol. The SMILES string of the molecule is CO[C@@]12[C@H](COC(N)=O)C3=C(C(=O)C(C)=C(NC(C)(C)CCSSC[C@H](NC(=O)[C@H](CC(=O)O)NC(=O)[C@H](CCCNC(=N)N)NC(=O)[C@H](CC(=O)O)NC(C)(C)C(=O)CC[C@@H](C)NC(=O)c4ccc(NCc5cnc6nc(N)[nH]c(=O)c6n5)cc4)C(=O)O)C3=O)N1C[C@@H]1N[C@@H]12. The summed E-state index contributed by atoms with van der Waals surface area (Å²) >= 11 is 0. The fourth-order valence-corrected chi connectivity index (χ4v) is 13.9. The fourth-order valence-electron chi connectivity index (χ4n) is 11.4. The van der Waals surface area contributed by atoms with Crippen LogP contribution in [-0.4, -0.2) is 209 Å². The number of rotatable bonds is 37. The van der Waals surface area contributed by atoms with E-state index >= 15 is 0 Å². The summed E-state index contributed by atoms with van der Waals surface area (Å²) < 4.78 is 11.3. The summed E-state index contributed by atoms with van der Waals surface area (Å²) in [6.45, 7) is 9.80. The quantitative estimate of drug-likeness (QED) is 0.00772. The highest BCUT2D eigenvalue weighted by Crippen LogP contribution is 2.56. The van der Waals surface area contributed by atoms with Gasteiger partial charge >= 0.3 is 24.0 Å². The van der Waals surface area contributed by atoms with Crippen molar-refractivity contribution in [3.63, 3.8) is 0 Å². The lowest BCUT2D eigenvalue weighted by Gasteiger charge is -2.39. The summed E-state index contributed by atoms with van der Waals surface area (Å²) in [6, 6.07) is -1.26. The van der Waals surface area contributed by atoms with E-state index in [2.05, 4.69) is 67.8 Å². The third-order valence-electron chi connectivity index (χ3n) is 16.5. The molecule has 2 saturated heterocycles. The molecule has 20 N–H and O–H groups in total. The molecule has 2 fully saturated rings. The maximum absolute atomic E-state index is 14.4. The standard InChI is InChI=1S/C59H80N18O17S2/c1-26(67-48(85)28-11-13-29(14-12-28)65-21-30-22-66-47-42(68-30)52(89)74-55(62)73-47)10-15-37(78)58(5,6)75-34(20-39(81)82)51(88)70-32(9-8-17-64-54(60)61)49(86)71-33(19-38(79)80)50(87)72-36(53(90)91)25-96-95-18-16-57(3,4)76-41-27(2)44(83)43-40(45(41)84)31(24-94-56(63)92)59(93-7)46-35(69-46)23-77(43)59/h11-14,22,26,31-36,46,65,69,75-76H,8-10,15-21,23-25H2,1-7H3,(H2,63,92)(H,67,85)(H,70,88)(H,71,86)(H,72,87)(H,79,80)(H,81,82)(H,90,91)(H4,60,61,64)(H3,62,66,73,74,89)/t26-,31-,32+,33+,34+,35+,36+,46+,59-/m1/s1. The van der Waals surface area contributed by atoms with Crippen molar-refractivity contribution in [1.29, 1.82) is 5.41 Å². The molecular weight excluding hydrogens is 1300 g/mol. The maximum Gasteiger partial charge on any atom is 0.404 e. The Balaban J connectivity index is 0.906. The summed E-state index contributed by atoms with van der Waals surface area (Å²) in [5.41, 5.74) is 14.1. The number of carbonyl (C=O) groups excluding carboxylic acids is 8. The second-order valence-electron chi connectivity index (χ2n) is 24.6. The number of carboxylic acids is 3. The van der Waals surface area contributed by atoms with Gasteiger partial charge in [0, 0.05) is 78.1 Å². The number of piperazine rings is 1. The van der Waals surface area contributed by atoms with E-state index < -0.39 is 142 Å². The van der Waals surface area contributed by atoms with E-state index in [0.717, 1.165) is 10.8 Å². The van der Waals surface area contributed by atoms with Crippen LogP contribution in [-0.2, 0) is 59.2 Å².